The van der Waals surface area contributed by atoms with Gasteiger partial charge in [-0.05, 0) is 30.5 Å². The summed E-state index contributed by atoms with van der Waals surface area (Å²) < 4.78 is 0. The highest BCUT2D eigenvalue weighted by molar-refractivity contribution is 7.09. The number of hydrogen-bond acceptors (Lipinski definition) is 4. The first-order valence-electron chi connectivity index (χ1n) is 6.22. The number of anilines is 1. The molecule has 0 amide bonds. The number of benzene rings is 1. The average molecular weight is 259 g/mol. The fourth-order valence-corrected chi connectivity index (χ4v) is 3.28. The third-order valence-electron chi connectivity index (χ3n) is 3.41. The van der Waals surface area contributed by atoms with Crippen molar-refractivity contribution in [2.45, 2.75) is 26.4 Å². The van der Waals surface area contributed by atoms with Crippen molar-refractivity contribution in [3.8, 4) is 0 Å². The van der Waals surface area contributed by atoms with E-state index in [-0.39, 0.29) is 0 Å². The van der Waals surface area contributed by atoms with Gasteiger partial charge in [-0.1, -0.05) is 12.1 Å². The molecule has 2 N–H and O–H groups in total. The van der Waals surface area contributed by atoms with E-state index in [4.69, 9.17) is 5.73 Å². The van der Waals surface area contributed by atoms with Gasteiger partial charge in [0.25, 0.3) is 0 Å². The van der Waals surface area contributed by atoms with Crippen molar-refractivity contribution in [1.29, 1.82) is 0 Å². The Morgan fingerprint density at radius 1 is 1.44 bits per heavy atom. The third-order valence-corrected chi connectivity index (χ3v) is 4.37. The van der Waals surface area contributed by atoms with Crippen LogP contribution in [0.3, 0.4) is 0 Å². The van der Waals surface area contributed by atoms with Crippen LogP contribution in [-0.2, 0) is 19.5 Å². The van der Waals surface area contributed by atoms with Gasteiger partial charge in [-0.3, -0.25) is 4.90 Å². The summed E-state index contributed by atoms with van der Waals surface area (Å²) in [6.45, 7) is 5.02. The first-order valence-corrected chi connectivity index (χ1v) is 7.10. The second kappa shape index (κ2) is 4.71. The molecular weight excluding hydrogens is 242 g/mol. The first kappa shape index (κ1) is 11.7. The van der Waals surface area contributed by atoms with E-state index < -0.39 is 0 Å². The third kappa shape index (κ3) is 2.26. The molecule has 94 valence electrons. The standard InChI is InChI=1S/C14H17N3S/c1-10-9-18-14(16-10)8-17-6-5-11-3-2-4-13(15)12(11)7-17/h2-4,9H,5-8,15H2,1H3. The van der Waals surface area contributed by atoms with Crippen LogP contribution in [0.4, 0.5) is 5.69 Å². The monoisotopic (exact) mass is 259 g/mol. The fraction of sp³-hybridized carbons (Fsp3) is 0.357. The Balaban J connectivity index is 1.76. The summed E-state index contributed by atoms with van der Waals surface area (Å²) in [5.41, 5.74) is 10.8. The van der Waals surface area contributed by atoms with Gasteiger partial charge in [0.05, 0.1) is 6.54 Å². The molecule has 2 heterocycles. The number of aryl methyl sites for hydroxylation is 1. The summed E-state index contributed by atoms with van der Waals surface area (Å²) >= 11 is 1.74. The molecule has 0 fully saturated rings. The zero-order valence-electron chi connectivity index (χ0n) is 10.5. The molecule has 1 aliphatic heterocycles. The van der Waals surface area contributed by atoms with E-state index in [1.54, 1.807) is 11.3 Å². The predicted molar refractivity (Wildman–Crippen MR) is 75.5 cm³/mol. The number of nitrogens with two attached hydrogens (primary N) is 1. The fourth-order valence-electron chi connectivity index (χ4n) is 2.46. The maximum absolute atomic E-state index is 6.06. The molecule has 1 aromatic carbocycles. The van der Waals surface area contributed by atoms with E-state index in [0.717, 1.165) is 37.4 Å². The molecule has 2 aromatic rings. The normalized spacial score (nSPS) is 15.6. The minimum atomic E-state index is 0.924. The molecule has 0 bridgehead atoms. The van der Waals surface area contributed by atoms with Crippen LogP contribution in [0.15, 0.2) is 23.6 Å². The molecule has 0 spiro atoms. The largest absolute Gasteiger partial charge is 0.398 e. The van der Waals surface area contributed by atoms with Crippen LogP contribution in [0.2, 0.25) is 0 Å². The Bertz CT molecular complexity index is 562. The molecule has 0 saturated heterocycles. The lowest BCUT2D eigenvalue weighted by Crippen LogP contribution is -2.30. The number of hydrogen-bond donors (Lipinski definition) is 1. The lowest BCUT2D eigenvalue weighted by Gasteiger charge is -2.28. The van der Waals surface area contributed by atoms with E-state index in [0.29, 0.717) is 0 Å². The van der Waals surface area contributed by atoms with Gasteiger partial charge in [0.2, 0.25) is 0 Å². The Hall–Kier alpha value is -1.39. The highest BCUT2D eigenvalue weighted by Crippen LogP contribution is 2.25. The molecule has 0 saturated carbocycles. The van der Waals surface area contributed by atoms with Crippen molar-refractivity contribution in [1.82, 2.24) is 9.88 Å². The molecule has 4 heteroatoms. The van der Waals surface area contributed by atoms with Crippen LogP contribution in [0, 0.1) is 6.92 Å². The minimum Gasteiger partial charge on any atom is -0.398 e. The van der Waals surface area contributed by atoms with E-state index in [1.165, 1.54) is 16.1 Å². The molecule has 18 heavy (non-hydrogen) atoms. The van der Waals surface area contributed by atoms with Crippen molar-refractivity contribution in [3.05, 3.63) is 45.4 Å². The zero-order valence-corrected chi connectivity index (χ0v) is 11.3. The van der Waals surface area contributed by atoms with Gasteiger partial charge in [0.1, 0.15) is 5.01 Å². The van der Waals surface area contributed by atoms with Crippen LogP contribution < -0.4 is 5.73 Å². The number of rotatable bonds is 2. The first-order chi connectivity index (χ1) is 8.72. The van der Waals surface area contributed by atoms with E-state index in [2.05, 4.69) is 21.3 Å². The molecule has 0 atom stereocenters. The van der Waals surface area contributed by atoms with E-state index in [1.807, 2.05) is 19.1 Å². The number of fused-ring (bicyclic) bond motifs is 1. The van der Waals surface area contributed by atoms with Gasteiger partial charge in [0, 0.05) is 29.9 Å². The lowest BCUT2D eigenvalue weighted by molar-refractivity contribution is 0.246. The van der Waals surface area contributed by atoms with Crippen LogP contribution >= 0.6 is 11.3 Å². The molecule has 3 rings (SSSR count). The van der Waals surface area contributed by atoms with Gasteiger partial charge in [-0.25, -0.2) is 4.98 Å². The molecule has 1 aromatic heterocycles. The highest BCUT2D eigenvalue weighted by Gasteiger charge is 2.18. The Morgan fingerprint density at radius 2 is 2.33 bits per heavy atom. The van der Waals surface area contributed by atoms with Gasteiger partial charge >= 0.3 is 0 Å². The summed E-state index contributed by atoms with van der Waals surface area (Å²) in [5.74, 6) is 0. The number of nitrogens with zero attached hydrogens (tertiary/aromatic N) is 2. The van der Waals surface area contributed by atoms with Crippen molar-refractivity contribution in [3.63, 3.8) is 0 Å². The van der Waals surface area contributed by atoms with Crippen molar-refractivity contribution >= 4 is 17.0 Å². The molecule has 0 aliphatic carbocycles. The summed E-state index contributed by atoms with van der Waals surface area (Å²) in [6, 6.07) is 6.24. The topological polar surface area (TPSA) is 42.1 Å². The van der Waals surface area contributed by atoms with Gasteiger partial charge in [-0.15, -0.1) is 11.3 Å². The second-order valence-electron chi connectivity index (χ2n) is 4.83. The number of nitrogen functional groups attached to an aromatic ring is 1. The average Bonchev–Trinajstić information content (AvgIpc) is 2.76. The number of aromatic nitrogens is 1. The summed E-state index contributed by atoms with van der Waals surface area (Å²) in [6.07, 6.45) is 1.09. The predicted octanol–water partition coefficient (Wildman–Crippen LogP) is 2.59. The summed E-state index contributed by atoms with van der Waals surface area (Å²) in [4.78, 5) is 6.96. The van der Waals surface area contributed by atoms with E-state index in [9.17, 15) is 0 Å². The van der Waals surface area contributed by atoms with Crippen molar-refractivity contribution in [2.75, 3.05) is 12.3 Å². The molecule has 0 radical (unpaired) electrons. The second-order valence-corrected chi connectivity index (χ2v) is 5.77. The van der Waals surface area contributed by atoms with Crippen molar-refractivity contribution in [2.24, 2.45) is 0 Å². The van der Waals surface area contributed by atoms with E-state index >= 15 is 0 Å². The molecular formula is C14H17N3S. The van der Waals surface area contributed by atoms with Crippen molar-refractivity contribution < 1.29 is 0 Å². The van der Waals surface area contributed by atoms with Crippen LogP contribution in [0.1, 0.15) is 21.8 Å². The maximum atomic E-state index is 6.06. The molecule has 3 nitrogen and oxygen atoms in total. The van der Waals surface area contributed by atoms with Crippen LogP contribution in [0.5, 0.6) is 0 Å². The Labute approximate surface area is 111 Å². The SMILES string of the molecule is Cc1csc(CN2CCc3cccc(N)c3C2)n1. The molecule has 1 aliphatic rings. The van der Waals surface area contributed by atoms with Gasteiger partial charge in [0.15, 0.2) is 0 Å². The smallest absolute Gasteiger partial charge is 0.107 e. The summed E-state index contributed by atoms with van der Waals surface area (Å²) in [7, 11) is 0. The summed E-state index contributed by atoms with van der Waals surface area (Å²) in [5, 5.41) is 3.31. The van der Waals surface area contributed by atoms with Crippen LogP contribution in [-0.4, -0.2) is 16.4 Å². The Morgan fingerprint density at radius 3 is 3.11 bits per heavy atom. The minimum absolute atomic E-state index is 0.924. The molecule has 0 unspecified atom stereocenters. The number of thiazole rings is 1. The maximum Gasteiger partial charge on any atom is 0.107 e. The highest BCUT2D eigenvalue weighted by atomic mass is 32.1. The quantitative estimate of drug-likeness (QED) is 0.843. The van der Waals surface area contributed by atoms with Gasteiger partial charge in [-0.2, -0.15) is 0 Å². The van der Waals surface area contributed by atoms with Crippen LogP contribution in [0.25, 0.3) is 0 Å². The lowest BCUT2D eigenvalue weighted by atomic mass is 9.98. The van der Waals surface area contributed by atoms with Gasteiger partial charge < -0.3 is 5.73 Å². The Kier molecular flexibility index (Phi) is 3.06. The zero-order chi connectivity index (χ0) is 12.5.